The molecule has 4 aromatic rings. The van der Waals surface area contributed by atoms with Gasteiger partial charge in [-0.25, -0.2) is 4.68 Å². The molecule has 4 rings (SSSR count). The Bertz CT molecular complexity index is 1070. The fourth-order valence-electron chi connectivity index (χ4n) is 3.17. The highest BCUT2D eigenvalue weighted by molar-refractivity contribution is 5.90. The van der Waals surface area contributed by atoms with Gasteiger partial charge in [0.15, 0.2) is 5.65 Å². The molecule has 0 bridgehead atoms. The Morgan fingerprint density at radius 1 is 0.929 bits per heavy atom. The minimum atomic E-state index is 0.699. The van der Waals surface area contributed by atoms with Crippen LogP contribution < -0.4 is 10.2 Å². The van der Waals surface area contributed by atoms with Crippen LogP contribution in [0.3, 0.4) is 0 Å². The van der Waals surface area contributed by atoms with Crippen LogP contribution in [0.15, 0.2) is 60.8 Å². The zero-order chi connectivity index (χ0) is 19.5. The number of anilines is 3. The normalized spacial score (nSPS) is 11.0. The number of hydrogen-bond acceptors (Lipinski definition) is 5. The third-order valence-corrected chi connectivity index (χ3v) is 4.78. The lowest BCUT2D eigenvalue weighted by molar-refractivity contribution is 0.820. The average molecular weight is 372 g/mol. The molecule has 0 aliphatic rings. The molecule has 0 radical (unpaired) electrons. The zero-order valence-electron chi connectivity index (χ0n) is 16.4. The Morgan fingerprint density at radius 3 is 2.32 bits per heavy atom. The van der Waals surface area contributed by atoms with Gasteiger partial charge in [0, 0.05) is 18.8 Å². The molecule has 0 atom stereocenters. The Morgan fingerprint density at radius 2 is 1.64 bits per heavy atom. The van der Waals surface area contributed by atoms with Gasteiger partial charge in [0.05, 0.1) is 17.3 Å². The molecule has 0 fully saturated rings. The van der Waals surface area contributed by atoms with E-state index in [9.17, 15) is 0 Å². The molecular formula is C22H24N6. The van der Waals surface area contributed by atoms with E-state index in [4.69, 9.17) is 9.97 Å². The summed E-state index contributed by atoms with van der Waals surface area (Å²) >= 11 is 0. The first-order chi connectivity index (χ1) is 13.7. The van der Waals surface area contributed by atoms with Crippen molar-refractivity contribution >= 4 is 28.5 Å². The van der Waals surface area contributed by atoms with Crippen molar-refractivity contribution in [3.8, 4) is 5.69 Å². The highest BCUT2D eigenvalue weighted by Gasteiger charge is 2.16. The predicted octanol–water partition coefficient (Wildman–Crippen LogP) is 4.71. The number of aryl methyl sites for hydroxylation is 1. The molecule has 2 heterocycles. The number of fused-ring (bicyclic) bond motifs is 1. The number of benzene rings is 2. The van der Waals surface area contributed by atoms with Gasteiger partial charge in [-0.3, -0.25) is 0 Å². The topological polar surface area (TPSA) is 58.9 Å². The van der Waals surface area contributed by atoms with Crippen molar-refractivity contribution in [2.45, 2.75) is 20.8 Å². The summed E-state index contributed by atoms with van der Waals surface area (Å²) in [6, 6.07) is 18.3. The highest BCUT2D eigenvalue weighted by atomic mass is 15.3. The van der Waals surface area contributed by atoms with Crippen LogP contribution in [0.1, 0.15) is 19.4 Å². The average Bonchev–Trinajstić information content (AvgIpc) is 3.16. The van der Waals surface area contributed by atoms with Crippen LogP contribution in [0.4, 0.5) is 17.5 Å². The van der Waals surface area contributed by atoms with E-state index in [0.717, 1.165) is 41.3 Å². The monoisotopic (exact) mass is 372 g/mol. The minimum absolute atomic E-state index is 0.699. The molecule has 0 aliphatic carbocycles. The van der Waals surface area contributed by atoms with Gasteiger partial charge in [0.1, 0.15) is 5.82 Å². The van der Waals surface area contributed by atoms with Gasteiger partial charge >= 0.3 is 0 Å². The second-order valence-corrected chi connectivity index (χ2v) is 6.66. The number of nitrogens with zero attached hydrogens (tertiary/aromatic N) is 5. The van der Waals surface area contributed by atoms with Crippen molar-refractivity contribution < 1.29 is 0 Å². The first-order valence-corrected chi connectivity index (χ1v) is 9.59. The van der Waals surface area contributed by atoms with Crippen LogP contribution in [-0.2, 0) is 0 Å². The Balaban J connectivity index is 1.87. The number of nitrogens with one attached hydrogen (secondary N) is 1. The largest absolute Gasteiger partial charge is 0.341 e. The molecule has 0 spiro atoms. The molecule has 0 saturated carbocycles. The van der Waals surface area contributed by atoms with Gasteiger partial charge in [-0.05, 0) is 45.0 Å². The van der Waals surface area contributed by atoms with E-state index in [-0.39, 0.29) is 0 Å². The summed E-state index contributed by atoms with van der Waals surface area (Å²) < 4.78 is 1.87. The Hall–Kier alpha value is -3.41. The molecule has 6 heteroatoms. The molecule has 6 nitrogen and oxygen atoms in total. The number of rotatable bonds is 6. The van der Waals surface area contributed by atoms with Gasteiger partial charge in [-0.2, -0.15) is 15.1 Å². The fraction of sp³-hybridized carbons (Fsp3) is 0.227. The quantitative estimate of drug-likeness (QED) is 0.531. The van der Waals surface area contributed by atoms with Crippen molar-refractivity contribution in [1.82, 2.24) is 19.7 Å². The van der Waals surface area contributed by atoms with Crippen molar-refractivity contribution in [3.63, 3.8) is 0 Å². The van der Waals surface area contributed by atoms with Gasteiger partial charge in [-0.1, -0.05) is 35.9 Å². The van der Waals surface area contributed by atoms with Crippen LogP contribution >= 0.6 is 0 Å². The van der Waals surface area contributed by atoms with E-state index in [0.29, 0.717) is 5.95 Å². The number of aromatic nitrogens is 4. The molecule has 0 aliphatic heterocycles. The summed E-state index contributed by atoms with van der Waals surface area (Å²) in [6.07, 6.45) is 1.82. The van der Waals surface area contributed by atoms with E-state index in [2.05, 4.69) is 60.4 Å². The lowest BCUT2D eigenvalue weighted by atomic mass is 10.2. The van der Waals surface area contributed by atoms with Crippen LogP contribution in [0.2, 0.25) is 0 Å². The molecule has 28 heavy (non-hydrogen) atoms. The maximum atomic E-state index is 4.85. The maximum absolute atomic E-state index is 4.85. The Labute approximate surface area is 164 Å². The van der Waals surface area contributed by atoms with Crippen molar-refractivity contribution in [2.24, 2.45) is 0 Å². The maximum Gasteiger partial charge on any atom is 0.229 e. The van der Waals surface area contributed by atoms with Gasteiger partial charge in [-0.15, -0.1) is 0 Å². The van der Waals surface area contributed by atoms with Crippen molar-refractivity contribution in [2.75, 3.05) is 23.3 Å². The van der Waals surface area contributed by atoms with E-state index in [1.54, 1.807) is 0 Å². The molecule has 2 aromatic heterocycles. The first-order valence-electron chi connectivity index (χ1n) is 9.59. The standard InChI is InChI=1S/C22H24N6/c1-4-27(5-2)22-25-20(24-17-13-11-16(3)12-14-17)19-15-23-28(21(19)26-22)18-9-7-6-8-10-18/h6-15H,4-5H2,1-3H3,(H,24,25,26). The molecule has 0 saturated heterocycles. The second kappa shape index (κ2) is 7.68. The van der Waals surface area contributed by atoms with Gasteiger partial charge in [0.2, 0.25) is 5.95 Å². The molecular weight excluding hydrogens is 348 g/mol. The van der Waals surface area contributed by atoms with Crippen molar-refractivity contribution in [1.29, 1.82) is 0 Å². The van der Waals surface area contributed by atoms with Crippen LogP contribution in [0.5, 0.6) is 0 Å². The molecule has 2 aromatic carbocycles. The molecule has 1 N–H and O–H groups in total. The van der Waals surface area contributed by atoms with Crippen LogP contribution in [0, 0.1) is 6.92 Å². The van der Waals surface area contributed by atoms with Crippen molar-refractivity contribution in [3.05, 3.63) is 66.4 Å². The summed E-state index contributed by atoms with van der Waals surface area (Å²) in [5.74, 6) is 1.46. The molecule has 0 unspecified atom stereocenters. The van der Waals surface area contributed by atoms with E-state index < -0.39 is 0 Å². The predicted molar refractivity (Wildman–Crippen MR) is 115 cm³/mol. The smallest absolute Gasteiger partial charge is 0.229 e. The number of para-hydroxylation sites is 1. The minimum Gasteiger partial charge on any atom is -0.341 e. The second-order valence-electron chi connectivity index (χ2n) is 6.66. The van der Waals surface area contributed by atoms with E-state index >= 15 is 0 Å². The SMILES string of the molecule is CCN(CC)c1nc(Nc2ccc(C)cc2)c2cnn(-c3ccccc3)c2n1. The fourth-order valence-corrected chi connectivity index (χ4v) is 3.17. The third kappa shape index (κ3) is 3.41. The molecule has 0 amide bonds. The summed E-state index contributed by atoms with van der Waals surface area (Å²) in [7, 11) is 0. The van der Waals surface area contributed by atoms with Crippen LogP contribution in [0.25, 0.3) is 16.7 Å². The summed E-state index contributed by atoms with van der Waals surface area (Å²) in [4.78, 5) is 11.8. The first kappa shape index (κ1) is 18.0. The van der Waals surface area contributed by atoms with E-state index in [1.165, 1.54) is 5.56 Å². The summed E-state index contributed by atoms with van der Waals surface area (Å²) in [5.41, 5.74) is 3.98. The van der Waals surface area contributed by atoms with E-state index in [1.807, 2.05) is 41.2 Å². The van der Waals surface area contributed by atoms with Gasteiger partial charge in [0.25, 0.3) is 0 Å². The Kier molecular flexibility index (Phi) is 4.93. The summed E-state index contributed by atoms with van der Waals surface area (Å²) in [6.45, 7) is 7.98. The highest BCUT2D eigenvalue weighted by Crippen LogP contribution is 2.28. The van der Waals surface area contributed by atoms with Crippen LogP contribution in [-0.4, -0.2) is 32.8 Å². The lowest BCUT2D eigenvalue weighted by Crippen LogP contribution is -2.24. The molecule has 142 valence electrons. The summed E-state index contributed by atoms with van der Waals surface area (Å²) in [5, 5.41) is 8.93. The third-order valence-electron chi connectivity index (χ3n) is 4.78. The lowest BCUT2D eigenvalue weighted by Gasteiger charge is -2.20. The number of hydrogen-bond donors (Lipinski definition) is 1. The van der Waals surface area contributed by atoms with Gasteiger partial charge < -0.3 is 10.2 Å². The zero-order valence-corrected chi connectivity index (χ0v) is 16.4.